The predicted octanol–water partition coefficient (Wildman–Crippen LogP) is 2.31. The molecule has 0 aliphatic carbocycles. The first-order valence-corrected chi connectivity index (χ1v) is 6.69. The van der Waals surface area contributed by atoms with E-state index in [0.29, 0.717) is 0 Å². The number of carbonyl (C=O) groups excluding carboxylic acids is 1. The lowest BCUT2D eigenvalue weighted by Gasteiger charge is -2.06. The lowest BCUT2D eigenvalue weighted by Crippen LogP contribution is -2.15. The van der Waals surface area contributed by atoms with E-state index >= 15 is 0 Å². The molecule has 0 radical (unpaired) electrons. The van der Waals surface area contributed by atoms with E-state index in [1.54, 1.807) is 19.2 Å². The fourth-order valence-corrected chi connectivity index (χ4v) is 3.52. The molecule has 6 heteroatoms. The number of thiophene rings is 1. The van der Waals surface area contributed by atoms with E-state index in [4.69, 9.17) is 11.6 Å². The van der Waals surface area contributed by atoms with Crippen LogP contribution in [0.15, 0.2) is 16.3 Å². The quantitative estimate of drug-likeness (QED) is 0.776. The second-order valence-electron chi connectivity index (χ2n) is 2.98. The van der Waals surface area contributed by atoms with Crippen LogP contribution in [0.3, 0.4) is 0 Å². The third kappa shape index (κ3) is 1.99. The van der Waals surface area contributed by atoms with Crippen LogP contribution in [0.25, 0.3) is 0 Å². The number of hydrogen-bond donors (Lipinski definition) is 0. The molecule has 1 aromatic rings. The maximum Gasteiger partial charge on any atom is 0.263 e. The van der Waals surface area contributed by atoms with E-state index in [1.165, 1.54) is 6.07 Å². The molecule has 3 nitrogen and oxygen atoms in total. The molecule has 1 aromatic heterocycles. The molecule has 1 heterocycles. The van der Waals surface area contributed by atoms with Crippen LogP contribution in [0, 0.1) is 0 Å². The van der Waals surface area contributed by atoms with E-state index in [9.17, 15) is 13.2 Å². The normalized spacial score (nSPS) is 12.0. The molecule has 0 aliphatic heterocycles. The molecule has 0 N–H and O–H groups in total. The summed E-state index contributed by atoms with van der Waals surface area (Å²) in [5.74, 6) is 0. The summed E-state index contributed by atoms with van der Waals surface area (Å²) in [6.45, 7) is 3.13. The summed E-state index contributed by atoms with van der Waals surface area (Å²) in [6, 6.07) is 1.41. The zero-order valence-electron chi connectivity index (χ0n) is 7.65. The summed E-state index contributed by atoms with van der Waals surface area (Å²) < 4.78 is 23.4. The monoisotopic (exact) mass is 252 g/mol. The molecule has 78 valence electrons. The fraction of sp³-hybridized carbons (Fsp3) is 0.375. The molecule has 0 aliphatic rings. The Morgan fingerprint density at radius 3 is 2.50 bits per heavy atom. The summed E-state index contributed by atoms with van der Waals surface area (Å²) in [6.07, 6.45) is 0. The van der Waals surface area contributed by atoms with Gasteiger partial charge in [0.2, 0.25) is 0 Å². The highest BCUT2D eigenvalue weighted by molar-refractivity contribution is 7.92. The molecule has 0 spiro atoms. The lowest BCUT2D eigenvalue weighted by atomic mass is 10.5. The molecule has 0 amide bonds. The first kappa shape index (κ1) is 11.7. The minimum Gasteiger partial charge on any atom is -0.275 e. The Morgan fingerprint density at radius 1 is 1.50 bits per heavy atom. The van der Waals surface area contributed by atoms with Crippen molar-refractivity contribution in [1.82, 2.24) is 0 Å². The predicted molar refractivity (Wildman–Crippen MR) is 56.8 cm³/mol. The van der Waals surface area contributed by atoms with Crippen molar-refractivity contribution in [3.63, 3.8) is 0 Å². The van der Waals surface area contributed by atoms with E-state index in [1.807, 2.05) is 0 Å². The van der Waals surface area contributed by atoms with Crippen LogP contribution in [-0.4, -0.2) is 18.9 Å². The van der Waals surface area contributed by atoms with Crippen LogP contribution in [0.2, 0.25) is 0 Å². The summed E-state index contributed by atoms with van der Waals surface area (Å²) in [4.78, 5) is 11.0. The smallest absolute Gasteiger partial charge is 0.263 e. The third-order valence-electron chi connectivity index (χ3n) is 1.73. The zero-order valence-corrected chi connectivity index (χ0v) is 10.0. The highest BCUT2D eigenvalue weighted by Crippen LogP contribution is 2.26. The van der Waals surface area contributed by atoms with E-state index < -0.39 is 20.3 Å². The van der Waals surface area contributed by atoms with Crippen molar-refractivity contribution >= 4 is 38.0 Å². The van der Waals surface area contributed by atoms with Gasteiger partial charge in [-0.1, -0.05) is 0 Å². The maximum atomic E-state index is 11.7. The Kier molecular flexibility index (Phi) is 3.34. The van der Waals surface area contributed by atoms with Crippen LogP contribution in [0.1, 0.15) is 23.5 Å². The first-order chi connectivity index (χ1) is 6.37. The molecule has 0 aromatic carbocycles. The number of carbonyl (C=O) groups is 1. The van der Waals surface area contributed by atoms with Crippen LogP contribution in [0.4, 0.5) is 0 Å². The number of hydrogen-bond acceptors (Lipinski definition) is 4. The molecule has 14 heavy (non-hydrogen) atoms. The summed E-state index contributed by atoms with van der Waals surface area (Å²) in [5.41, 5.74) is 0. The average molecular weight is 253 g/mol. The van der Waals surface area contributed by atoms with Gasteiger partial charge in [-0.3, -0.25) is 4.79 Å². The lowest BCUT2D eigenvalue weighted by molar-refractivity contribution is 0.108. The van der Waals surface area contributed by atoms with E-state index in [2.05, 4.69) is 0 Å². The standard InChI is InChI=1S/C8H9ClO3S2/c1-5(2)14(11,12)6-3-4-13-7(6)8(9)10/h3-5H,1-2H3. The van der Waals surface area contributed by atoms with Gasteiger partial charge in [0.15, 0.2) is 9.84 Å². The van der Waals surface area contributed by atoms with Gasteiger partial charge < -0.3 is 0 Å². The molecule has 0 atom stereocenters. The summed E-state index contributed by atoms with van der Waals surface area (Å²) in [5, 5.41) is 0.274. The Labute approximate surface area is 91.6 Å². The van der Waals surface area contributed by atoms with Crippen molar-refractivity contribution in [2.45, 2.75) is 24.0 Å². The molecule has 0 unspecified atom stereocenters. The SMILES string of the molecule is CC(C)S(=O)(=O)c1ccsc1C(=O)Cl. The van der Waals surface area contributed by atoms with Crippen LogP contribution >= 0.6 is 22.9 Å². The van der Waals surface area contributed by atoms with Crippen LogP contribution < -0.4 is 0 Å². The summed E-state index contributed by atoms with van der Waals surface area (Å²) in [7, 11) is -3.40. The Hall–Kier alpha value is -0.390. The van der Waals surface area contributed by atoms with Crippen molar-refractivity contribution in [2.24, 2.45) is 0 Å². The van der Waals surface area contributed by atoms with Gasteiger partial charge in [-0.05, 0) is 36.9 Å². The molecule has 0 saturated heterocycles. The second-order valence-corrected chi connectivity index (χ2v) is 6.71. The number of rotatable bonds is 3. The van der Waals surface area contributed by atoms with Crippen molar-refractivity contribution in [2.75, 3.05) is 0 Å². The third-order valence-corrected chi connectivity index (χ3v) is 5.27. The first-order valence-electron chi connectivity index (χ1n) is 3.88. The van der Waals surface area contributed by atoms with Gasteiger partial charge in [-0.15, -0.1) is 11.3 Å². The van der Waals surface area contributed by atoms with Gasteiger partial charge in [0.05, 0.1) is 10.1 Å². The van der Waals surface area contributed by atoms with Crippen molar-refractivity contribution in [1.29, 1.82) is 0 Å². The second kappa shape index (κ2) is 4.00. The highest BCUT2D eigenvalue weighted by atomic mass is 35.5. The van der Waals surface area contributed by atoms with Crippen LogP contribution in [-0.2, 0) is 9.84 Å². The van der Waals surface area contributed by atoms with Gasteiger partial charge in [-0.25, -0.2) is 8.42 Å². The van der Waals surface area contributed by atoms with Gasteiger partial charge in [0, 0.05) is 0 Å². The van der Waals surface area contributed by atoms with Crippen molar-refractivity contribution in [3.8, 4) is 0 Å². The number of halogens is 1. The highest BCUT2D eigenvalue weighted by Gasteiger charge is 2.25. The van der Waals surface area contributed by atoms with E-state index in [0.717, 1.165) is 11.3 Å². The Morgan fingerprint density at radius 2 is 2.07 bits per heavy atom. The van der Waals surface area contributed by atoms with E-state index in [-0.39, 0.29) is 9.77 Å². The minimum absolute atomic E-state index is 0.0394. The molecule has 1 rings (SSSR count). The molecule has 0 bridgehead atoms. The molecule has 0 fully saturated rings. The van der Waals surface area contributed by atoms with Crippen molar-refractivity contribution in [3.05, 3.63) is 16.3 Å². The zero-order chi connectivity index (χ0) is 10.9. The molecular formula is C8H9ClO3S2. The minimum atomic E-state index is -3.40. The molecular weight excluding hydrogens is 244 g/mol. The van der Waals surface area contributed by atoms with Gasteiger partial charge >= 0.3 is 0 Å². The average Bonchev–Trinajstić information content (AvgIpc) is 2.51. The van der Waals surface area contributed by atoms with Gasteiger partial charge in [0.1, 0.15) is 4.88 Å². The summed E-state index contributed by atoms with van der Waals surface area (Å²) >= 11 is 6.31. The van der Waals surface area contributed by atoms with Crippen LogP contribution in [0.5, 0.6) is 0 Å². The Balaban J connectivity index is 3.34. The maximum absolute atomic E-state index is 11.7. The topological polar surface area (TPSA) is 51.2 Å². The largest absolute Gasteiger partial charge is 0.275 e. The Bertz CT molecular complexity index is 445. The fourth-order valence-electron chi connectivity index (χ4n) is 0.919. The molecule has 0 saturated carbocycles. The van der Waals surface area contributed by atoms with Gasteiger partial charge in [0.25, 0.3) is 5.24 Å². The number of sulfone groups is 1. The van der Waals surface area contributed by atoms with Crippen molar-refractivity contribution < 1.29 is 13.2 Å². The van der Waals surface area contributed by atoms with Gasteiger partial charge in [-0.2, -0.15) is 0 Å².